The van der Waals surface area contributed by atoms with Gasteiger partial charge in [0.05, 0.1) is 11.3 Å². The zero-order chi connectivity index (χ0) is 24.0. The van der Waals surface area contributed by atoms with Crippen LogP contribution >= 0.6 is 0 Å². The molecule has 0 spiro atoms. The number of fused-ring (bicyclic) bond motifs is 2. The van der Waals surface area contributed by atoms with Gasteiger partial charge in [0.1, 0.15) is 11.2 Å². The van der Waals surface area contributed by atoms with Crippen LogP contribution in [0.25, 0.3) is 16.7 Å². The zero-order valence-corrected chi connectivity index (χ0v) is 19.4. The molecule has 176 valence electrons. The first-order valence-corrected chi connectivity index (χ1v) is 11.4. The molecule has 0 bridgehead atoms. The molecule has 0 fully saturated rings. The van der Waals surface area contributed by atoms with E-state index in [1.165, 1.54) is 41.9 Å². The maximum Gasteiger partial charge on any atom is 0.278 e. The molecule has 0 radical (unpaired) electrons. The molecule has 0 saturated heterocycles. The first-order chi connectivity index (χ1) is 16.3. The Morgan fingerprint density at radius 2 is 2.03 bits per heavy atom. The summed E-state index contributed by atoms with van der Waals surface area (Å²) >= 11 is 0. The van der Waals surface area contributed by atoms with E-state index in [1.807, 2.05) is 13.0 Å². The average Bonchev–Trinajstić information content (AvgIpc) is 3.09. The van der Waals surface area contributed by atoms with E-state index in [9.17, 15) is 14.3 Å². The molecular weight excluding hydrogens is 435 g/mol. The zero-order valence-electron chi connectivity index (χ0n) is 19.4. The third kappa shape index (κ3) is 3.86. The van der Waals surface area contributed by atoms with Crippen molar-refractivity contribution in [3.05, 3.63) is 75.5 Å². The Bertz CT molecular complexity index is 1450. The molecule has 0 saturated carbocycles. The minimum Gasteiger partial charge on any atom is -0.386 e. The molecule has 3 N–H and O–H groups in total. The summed E-state index contributed by atoms with van der Waals surface area (Å²) in [5.41, 5.74) is 2.88. The molecule has 4 aromatic rings. The second-order valence-corrected chi connectivity index (χ2v) is 9.02. The Morgan fingerprint density at radius 1 is 1.21 bits per heavy atom. The van der Waals surface area contributed by atoms with Crippen molar-refractivity contribution in [3.8, 4) is 5.69 Å². The lowest BCUT2D eigenvalue weighted by atomic mass is 9.97. The maximum atomic E-state index is 14.4. The summed E-state index contributed by atoms with van der Waals surface area (Å²) in [6.07, 6.45) is 2.47. The number of aliphatic hydroxyl groups is 1. The van der Waals surface area contributed by atoms with Crippen LogP contribution in [0.5, 0.6) is 0 Å². The van der Waals surface area contributed by atoms with Gasteiger partial charge in [0.15, 0.2) is 5.65 Å². The van der Waals surface area contributed by atoms with Crippen LogP contribution in [-0.2, 0) is 25.1 Å². The fraction of sp³-hybridized carbons (Fsp3) is 0.320. The van der Waals surface area contributed by atoms with Crippen molar-refractivity contribution in [2.24, 2.45) is 0 Å². The minimum absolute atomic E-state index is 0.137. The van der Waals surface area contributed by atoms with Gasteiger partial charge in [-0.2, -0.15) is 4.98 Å². The van der Waals surface area contributed by atoms with E-state index in [0.29, 0.717) is 29.2 Å². The highest BCUT2D eigenvalue weighted by Gasteiger charge is 2.23. The lowest BCUT2D eigenvalue weighted by Crippen LogP contribution is -2.23. The van der Waals surface area contributed by atoms with Crippen molar-refractivity contribution in [3.63, 3.8) is 0 Å². The topological polar surface area (TPSA) is 97.0 Å². The Labute approximate surface area is 196 Å². The number of rotatable bonds is 5. The summed E-state index contributed by atoms with van der Waals surface area (Å²) in [6, 6.07) is 10.6. The molecule has 0 aliphatic carbocycles. The highest BCUT2D eigenvalue weighted by atomic mass is 19.1. The summed E-state index contributed by atoms with van der Waals surface area (Å²) in [5, 5.41) is 17.4. The molecule has 1 aliphatic heterocycles. The van der Waals surface area contributed by atoms with E-state index in [1.54, 1.807) is 16.8 Å². The quantitative estimate of drug-likeness (QED) is 0.421. The van der Waals surface area contributed by atoms with E-state index in [4.69, 9.17) is 0 Å². The summed E-state index contributed by atoms with van der Waals surface area (Å²) in [4.78, 5) is 22.1. The molecule has 0 unspecified atom stereocenters. The van der Waals surface area contributed by atoms with Crippen molar-refractivity contribution < 1.29 is 9.50 Å². The highest BCUT2D eigenvalue weighted by molar-refractivity contribution is 5.77. The van der Waals surface area contributed by atoms with Gasteiger partial charge >= 0.3 is 0 Å². The Balaban J connectivity index is 1.62. The molecule has 0 atom stereocenters. The van der Waals surface area contributed by atoms with Crippen LogP contribution in [0.4, 0.5) is 16.0 Å². The second-order valence-electron chi connectivity index (χ2n) is 9.02. The predicted octanol–water partition coefficient (Wildman–Crippen LogP) is 3.36. The van der Waals surface area contributed by atoms with Crippen LogP contribution < -0.4 is 16.2 Å². The van der Waals surface area contributed by atoms with Crippen LogP contribution in [0.1, 0.15) is 37.5 Å². The standard InChI is InChI=1S/C25H27FN6O2/c1-4-31-23(33)19-14-28-24(29-17-6-5-16-13-27-10-9-15(16)11-17)30-22(19)32(31)18-7-8-21(26)20(12-18)25(2,3)34/h5-8,11-12,14,27,34H,4,9-10,13H2,1-3H3,(H,28,29,30). The lowest BCUT2D eigenvalue weighted by Gasteiger charge is -2.20. The summed E-state index contributed by atoms with van der Waals surface area (Å²) in [5.74, 6) is -0.161. The van der Waals surface area contributed by atoms with Crippen molar-refractivity contribution in [1.29, 1.82) is 0 Å². The van der Waals surface area contributed by atoms with Crippen molar-refractivity contribution in [1.82, 2.24) is 24.6 Å². The van der Waals surface area contributed by atoms with Gasteiger partial charge in [0, 0.05) is 30.5 Å². The SMILES string of the molecule is CCn1c(=O)c2cnc(Nc3ccc4c(c3)CCNC4)nc2n1-c1ccc(F)c(C(C)(C)O)c1. The molecule has 34 heavy (non-hydrogen) atoms. The average molecular weight is 463 g/mol. The summed E-state index contributed by atoms with van der Waals surface area (Å²) in [6.45, 7) is 7.08. The summed E-state index contributed by atoms with van der Waals surface area (Å²) in [7, 11) is 0. The maximum absolute atomic E-state index is 14.4. The minimum atomic E-state index is -1.38. The van der Waals surface area contributed by atoms with E-state index in [-0.39, 0.29) is 11.1 Å². The van der Waals surface area contributed by atoms with E-state index >= 15 is 0 Å². The first-order valence-electron chi connectivity index (χ1n) is 11.4. The van der Waals surface area contributed by atoms with E-state index in [0.717, 1.165) is 25.2 Å². The fourth-order valence-electron chi connectivity index (χ4n) is 4.43. The smallest absolute Gasteiger partial charge is 0.278 e. The molecule has 3 heterocycles. The van der Waals surface area contributed by atoms with Crippen LogP contribution in [-0.4, -0.2) is 31.0 Å². The number of hydrogen-bond donors (Lipinski definition) is 3. The lowest BCUT2D eigenvalue weighted by molar-refractivity contribution is 0.0745. The molecule has 2 aromatic heterocycles. The Hall–Kier alpha value is -3.56. The van der Waals surface area contributed by atoms with Gasteiger partial charge in [-0.1, -0.05) is 6.07 Å². The predicted molar refractivity (Wildman–Crippen MR) is 129 cm³/mol. The van der Waals surface area contributed by atoms with Gasteiger partial charge in [-0.15, -0.1) is 0 Å². The third-order valence-corrected chi connectivity index (χ3v) is 6.18. The van der Waals surface area contributed by atoms with Gasteiger partial charge in [-0.25, -0.2) is 18.7 Å². The number of nitrogens with one attached hydrogen (secondary N) is 2. The number of nitrogens with zero attached hydrogens (tertiary/aromatic N) is 4. The van der Waals surface area contributed by atoms with Crippen LogP contribution in [0.3, 0.4) is 0 Å². The van der Waals surface area contributed by atoms with Gasteiger partial charge in [0.25, 0.3) is 5.56 Å². The number of anilines is 2. The van der Waals surface area contributed by atoms with Crippen LogP contribution in [0.2, 0.25) is 0 Å². The normalized spacial score (nSPS) is 13.8. The number of benzene rings is 2. The molecule has 9 heteroatoms. The third-order valence-electron chi connectivity index (χ3n) is 6.18. The van der Waals surface area contributed by atoms with Gasteiger partial charge < -0.3 is 15.7 Å². The van der Waals surface area contributed by atoms with Gasteiger partial charge in [-0.05, 0) is 75.2 Å². The molecule has 5 rings (SSSR count). The summed E-state index contributed by atoms with van der Waals surface area (Å²) < 4.78 is 17.6. The van der Waals surface area contributed by atoms with Crippen molar-refractivity contribution in [2.45, 2.75) is 45.9 Å². The Morgan fingerprint density at radius 3 is 2.79 bits per heavy atom. The Kier molecular flexibility index (Phi) is 5.45. The van der Waals surface area contributed by atoms with Gasteiger partial charge in [-0.3, -0.25) is 4.79 Å². The fourth-order valence-corrected chi connectivity index (χ4v) is 4.43. The molecule has 0 amide bonds. The van der Waals surface area contributed by atoms with Crippen molar-refractivity contribution >= 4 is 22.7 Å². The number of aromatic nitrogens is 4. The van der Waals surface area contributed by atoms with E-state index < -0.39 is 11.4 Å². The number of hydrogen-bond acceptors (Lipinski definition) is 6. The van der Waals surface area contributed by atoms with Crippen molar-refractivity contribution in [2.75, 3.05) is 11.9 Å². The van der Waals surface area contributed by atoms with Crippen LogP contribution in [0, 0.1) is 5.82 Å². The largest absolute Gasteiger partial charge is 0.386 e. The molecular formula is C25H27FN6O2. The second kappa shape index (κ2) is 8.34. The monoisotopic (exact) mass is 462 g/mol. The van der Waals surface area contributed by atoms with E-state index in [2.05, 4.69) is 32.7 Å². The van der Waals surface area contributed by atoms with Gasteiger partial charge in [0.2, 0.25) is 5.95 Å². The van der Waals surface area contributed by atoms with Crippen LogP contribution in [0.15, 0.2) is 47.4 Å². The molecule has 2 aromatic carbocycles. The highest BCUT2D eigenvalue weighted by Crippen LogP contribution is 2.27. The number of halogens is 1. The molecule has 8 nitrogen and oxygen atoms in total. The first kappa shape index (κ1) is 22.2. The molecule has 1 aliphatic rings.